The van der Waals surface area contributed by atoms with E-state index in [1.54, 1.807) is 0 Å². The molecule has 1 atom stereocenters. The van der Waals surface area contributed by atoms with Crippen LogP contribution < -0.4 is 16.5 Å². The predicted molar refractivity (Wildman–Crippen MR) is 102 cm³/mol. The van der Waals surface area contributed by atoms with Crippen molar-refractivity contribution in [2.45, 2.75) is 12.5 Å². The summed E-state index contributed by atoms with van der Waals surface area (Å²) >= 11 is 1.23. The van der Waals surface area contributed by atoms with E-state index in [-0.39, 0.29) is 5.56 Å². The third kappa shape index (κ3) is 6.10. The van der Waals surface area contributed by atoms with Crippen LogP contribution in [0.15, 0.2) is 30.5 Å². The van der Waals surface area contributed by atoms with Gasteiger partial charge in [0.1, 0.15) is 5.71 Å². The van der Waals surface area contributed by atoms with Crippen LogP contribution in [-0.2, 0) is 4.79 Å². The molecule has 2 rings (SSSR count). The lowest BCUT2D eigenvalue weighted by Gasteiger charge is -2.17. The lowest BCUT2D eigenvalue weighted by molar-refractivity contribution is -0.129. The molecule has 8 nitrogen and oxygen atoms in total. The van der Waals surface area contributed by atoms with Crippen molar-refractivity contribution >= 4 is 34.0 Å². The molecule has 1 heterocycles. The molecule has 148 valence electrons. The molecule has 29 heavy (non-hydrogen) atoms. The van der Waals surface area contributed by atoms with Crippen molar-refractivity contribution in [1.82, 2.24) is 15.8 Å². The minimum atomic E-state index is -3.28. The van der Waals surface area contributed by atoms with Crippen LogP contribution >= 0.6 is 11.3 Å². The van der Waals surface area contributed by atoms with E-state index in [1.165, 1.54) is 41.8 Å². The van der Waals surface area contributed by atoms with E-state index in [2.05, 4.69) is 28.7 Å². The van der Waals surface area contributed by atoms with E-state index in [0.717, 1.165) is 5.48 Å². The molecule has 0 saturated carbocycles. The number of nitrogens with two attached hydrogens (primary N) is 1. The molecule has 2 amide bonds. The fourth-order valence-corrected chi connectivity index (χ4v) is 2.47. The van der Waals surface area contributed by atoms with Gasteiger partial charge in [-0.15, -0.1) is 0 Å². The third-order valence-corrected chi connectivity index (χ3v) is 4.06. The molecule has 0 bridgehead atoms. The molecule has 0 spiro atoms. The van der Waals surface area contributed by atoms with Crippen molar-refractivity contribution in [3.8, 4) is 23.7 Å². The number of nitrogens with one attached hydrogen (secondary N) is 3. The molecule has 0 radical (unpaired) electrons. The van der Waals surface area contributed by atoms with Crippen LogP contribution in [0.3, 0.4) is 0 Å². The van der Waals surface area contributed by atoms with Crippen molar-refractivity contribution in [2.24, 2.45) is 0 Å². The van der Waals surface area contributed by atoms with E-state index in [4.69, 9.17) is 16.4 Å². The summed E-state index contributed by atoms with van der Waals surface area (Å²) in [6, 6.07) is 3.69. The number of carbonyl (C=O) groups is 2. The molecule has 0 unspecified atom stereocenters. The largest absolute Gasteiger partial charge is 0.375 e. The molecule has 6 N–H and O–H groups in total. The van der Waals surface area contributed by atoms with Crippen molar-refractivity contribution in [2.75, 3.05) is 5.73 Å². The molecule has 11 heteroatoms. The lowest BCUT2D eigenvalue weighted by atomic mass is 10.1. The number of aromatic nitrogens is 1. The van der Waals surface area contributed by atoms with Crippen LogP contribution in [0.1, 0.15) is 20.8 Å². The summed E-state index contributed by atoms with van der Waals surface area (Å²) in [5.74, 6) is 8.55. The number of nitrogens with zero attached hydrogens (tertiary/aromatic N) is 1. The molecule has 0 aliphatic carbocycles. The van der Waals surface area contributed by atoms with Gasteiger partial charge in [-0.1, -0.05) is 17.3 Å². The van der Waals surface area contributed by atoms with Gasteiger partial charge in [0, 0.05) is 11.1 Å². The zero-order valence-corrected chi connectivity index (χ0v) is 15.3. The zero-order valence-electron chi connectivity index (χ0n) is 14.5. The number of thiazole rings is 1. The highest BCUT2D eigenvalue weighted by atomic mass is 32.1. The smallest absolute Gasteiger partial charge is 0.278 e. The Labute approximate surface area is 167 Å². The van der Waals surface area contributed by atoms with E-state index < -0.39 is 30.0 Å². The van der Waals surface area contributed by atoms with Crippen LogP contribution in [0, 0.1) is 29.1 Å². The number of halogens is 2. The Hall–Kier alpha value is -3.80. The van der Waals surface area contributed by atoms with Gasteiger partial charge >= 0.3 is 0 Å². The van der Waals surface area contributed by atoms with Crippen LogP contribution in [0.4, 0.5) is 13.9 Å². The summed E-state index contributed by atoms with van der Waals surface area (Å²) in [7, 11) is 0. The number of anilines is 1. The molecule has 0 aliphatic heterocycles. The second-order valence-electron chi connectivity index (χ2n) is 5.28. The van der Waals surface area contributed by atoms with Gasteiger partial charge in [-0.3, -0.25) is 14.8 Å². The average Bonchev–Trinajstić information content (AvgIpc) is 3.13. The number of nitrogen functional groups attached to an aromatic ring is 1. The van der Waals surface area contributed by atoms with Gasteiger partial charge in [-0.25, -0.2) is 19.2 Å². The number of hydrogen-bond acceptors (Lipinski definition) is 7. The highest BCUT2D eigenvalue weighted by Crippen LogP contribution is 2.12. The summed E-state index contributed by atoms with van der Waals surface area (Å²) < 4.78 is 25.3. The monoisotopic (exact) mass is 417 g/mol. The number of carbonyl (C=O) groups excluding carboxylic acids is 2. The maximum absolute atomic E-state index is 12.7. The average molecular weight is 417 g/mol. The van der Waals surface area contributed by atoms with Crippen molar-refractivity contribution in [3.05, 3.63) is 46.5 Å². The van der Waals surface area contributed by atoms with Crippen molar-refractivity contribution < 1.29 is 23.6 Å². The molecule has 0 fully saturated rings. The SMILES string of the molecule is N=C(C(F)F)[C@H](NC(=O)c1ccc(C#CC#Cc2cnc(N)s2)cc1)C(=O)NO. The van der Waals surface area contributed by atoms with Crippen LogP contribution in [-0.4, -0.2) is 40.2 Å². The number of hydrogen-bond donors (Lipinski definition) is 5. The zero-order chi connectivity index (χ0) is 21.4. The second-order valence-corrected chi connectivity index (χ2v) is 6.34. The topological polar surface area (TPSA) is 141 Å². The van der Waals surface area contributed by atoms with Crippen molar-refractivity contribution in [1.29, 1.82) is 5.41 Å². The van der Waals surface area contributed by atoms with E-state index in [1.807, 2.05) is 5.32 Å². The highest BCUT2D eigenvalue weighted by Gasteiger charge is 2.30. The van der Waals surface area contributed by atoms with Gasteiger partial charge in [0.05, 0.1) is 11.1 Å². The van der Waals surface area contributed by atoms with Gasteiger partial charge in [-0.2, -0.15) is 0 Å². The molecule has 1 aromatic carbocycles. The fourth-order valence-electron chi connectivity index (χ4n) is 1.94. The van der Waals surface area contributed by atoms with Gasteiger partial charge < -0.3 is 16.5 Å². The quantitative estimate of drug-likeness (QED) is 0.214. The molecule has 1 aromatic heterocycles. The summed E-state index contributed by atoms with van der Waals surface area (Å²) in [6.45, 7) is 0. The Morgan fingerprint density at radius 2 is 1.86 bits per heavy atom. The Balaban J connectivity index is 2.06. The highest BCUT2D eigenvalue weighted by molar-refractivity contribution is 7.15. The minimum Gasteiger partial charge on any atom is -0.375 e. The minimum absolute atomic E-state index is 0.0413. The Kier molecular flexibility index (Phi) is 7.37. The number of hydroxylamine groups is 1. The summed E-state index contributed by atoms with van der Waals surface area (Å²) in [4.78, 5) is 28.1. The maximum Gasteiger partial charge on any atom is 0.278 e. The first-order valence-corrected chi connectivity index (χ1v) is 8.58. The van der Waals surface area contributed by atoms with Crippen LogP contribution in [0.2, 0.25) is 0 Å². The Bertz CT molecular complexity index is 1050. The van der Waals surface area contributed by atoms with E-state index in [9.17, 15) is 18.4 Å². The van der Waals surface area contributed by atoms with E-state index >= 15 is 0 Å². The van der Waals surface area contributed by atoms with Crippen LogP contribution in [0.5, 0.6) is 0 Å². The number of benzene rings is 1. The number of rotatable bonds is 5. The number of amides is 2. The number of alkyl halides is 2. The van der Waals surface area contributed by atoms with Gasteiger partial charge in [-0.05, 0) is 42.0 Å². The lowest BCUT2D eigenvalue weighted by Crippen LogP contribution is -2.52. The molecular weight excluding hydrogens is 404 g/mol. The van der Waals surface area contributed by atoms with Crippen LogP contribution in [0.25, 0.3) is 0 Å². The molecule has 0 aliphatic rings. The Morgan fingerprint density at radius 3 is 2.41 bits per heavy atom. The normalized spacial score (nSPS) is 10.8. The summed E-state index contributed by atoms with van der Waals surface area (Å²) in [5.41, 5.74) is 5.85. The van der Waals surface area contributed by atoms with E-state index in [0.29, 0.717) is 15.6 Å². The molecule has 0 saturated heterocycles. The van der Waals surface area contributed by atoms with Gasteiger partial charge in [0.2, 0.25) is 0 Å². The third-order valence-electron chi connectivity index (χ3n) is 3.32. The fraction of sp³-hybridized carbons (Fsp3) is 0.111. The van der Waals surface area contributed by atoms with Gasteiger partial charge in [0.25, 0.3) is 18.2 Å². The molecular formula is C18H13F2N5O3S. The first-order chi connectivity index (χ1) is 13.8. The first-order valence-electron chi connectivity index (χ1n) is 7.76. The Morgan fingerprint density at radius 1 is 1.21 bits per heavy atom. The standard InChI is InChI=1S/C18H13F2N5O3S/c19-15(20)13(21)14(17(27)25-28)24-16(26)11-7-5-10(6-8-11)3-1-2-4-12-9-23-18(22)29-12/h5-9,14-15,21,28H,(H2,22,23)(H,24,26)(H,25,27)/t14-/m0/s1. The molecule has 2 aromatic rings. The first kappa shape index (κ1) is 21.5. The van der Waals surface area contributed by atoms with Crippen molar-refractivity contribution in [3.63, 3.8) is 0 Å². The predicted octanol–water partition coefficient (Wildman–Crippen LogP) is 1.02. The second kappa shape index (κ2) is 9.94. The van der Waals surface area contributed by atoms with Gasteiger partial charge in [0.15, 0.2) is 11.2 Å². The summed E-state index contributed by atoms with van der Waals surface area (Å²) in [5, 5.41) is 18.2. The maximum atomic E-state index is 12.7. The summed E-state index contributed by atoms with van der Waals surface area (Å²) in [6.07, 6.45) is -1.75.